The molecule has 0 saturated carbocycles. The molecule has 0 spiro atoms. The summed E-state index contributed by atoms with van der Waals surface area (Å²) in [4.78, 5) is 1.31. The van der Waals surface area contributed by atoms with Crippen molar-refractivity contribution in [3.63, 3.8) is 0 Å². The molecule has 17 heavy (non-hydrogen) atoms. The van der Waals surface area contributed by atoms with Gasteiger partial charge in [0.1, 0.15) is 5.75 Å². The van der Waals surface area contributed by atoms with Crippen LogP contribution in [0, 0.1) is 0 Å². The van der Waals surface area contributed by atoms with E-state index < -0.39 is 0 Å². The Morgan fingerprint density at radius 1 is 1.29 bits per heavy atom. The summed E-state index contributed by atoms with van der Waals surface area (Å²) in [5.74, 6) is 1.19. The Morgan fingerprint density at radius 2 is 2.18 bits per heavy atom. The summed E-state index contributed by atoms with van der Waals surface area (Å²) in [5, 5.41) is 2.09. The second-order valence-electron chi connectivity index (χ2n) is 3.81. The van der Waals surface area contributed by atoms with Gasteiger partial charge in [-0.25, -0.2) is 0 Å². The third kappa shape index (κ3) is 2.87. The molecule has 0 aliphatic carbocycles. The van der Waals surface area contributed by atoms with E-state index in [0.717, 1.165) is 5.75 Å². The first-order valence-corrected chi connectivity index (χ1v) is 6.69. The van der Waals surface area contributed by atoms with Gasteiger partial charge in [-0.3, -0.25) is 0 Å². The van der Waals surface area contributed by atoms with Crippen molar-refractivity contribution in [1.82, 2.24) is 0 Å². The van der Waals surface area contributed by atoms with Crippen molar-refractivity contribution in [1.29, 1.82) is 0 Å². The van der Waals surface area contributed by atoms with Gasteiger partial charge in [0.2, 0.25) is 0 Å². The van der Waals surface area contributed by atoms with Gasteiger partial charge >= 0.3 is 0 Å². The van der Waals surface area contributed by atoms with Crippen LogP contribution in [-0.4, -0.2) is 13.2 Å². The Balaban J connectivity index is 2.28. The summed E-state index contributed by atoms with van der Waals surface area (Å²) < 4.78 is 5.52. The van der Waals surface area contributed by atoms with Crippen LogP contribution in [0.25, 0.3) is 0 Å². The SMILES string of the molecule is CCOc1cccc(C(CN)c2cccs2)c1. The van der Waals surface area contributed by atoms with E-state index in [2.05, 4.69) is 29.6 Å². The Labute approximate surface area is 106 Å². The average molecular weight is 247 g/mol. The van der Waals surface area contributed by atoms with E-state index in [1.54, 1.807) is 11.3 Å². The molecule has 2 rings (SSSR count). The first kappa shape index (κ1) is 12.1. The van der Waals surface area contributed by atoms with Gasteiger partial charge in [0.25, 0.3) is 0 Å². The normalized spacial score (nSPS) is 12.4. The smallest absolute Gasteiger partial charge is 0.119 e. The number of thiophene rings is 1. The van der Waals surface area contributed by atoms with Gasteiger partial charge in [-0.1, -0.05) is 18.2 Å². The summed E-state index contributed by atoms with van der Waals surface area (Å²) in [6.45, 7) is 3.30. The van der Waals surface area contributed by atoms with Gasteiger partial charge < -0.3 is 10.5 Å². The maximum atomic E-state index is 5.89. The van der Waals surface area contributed by atoms with Gasteiger partial charge in [0, 0.05) is 17.3 Å². The van der Waals surface area contributed by atoms with Crippen molar-refractivity contribution in [2.24, 2.45) is 5.73 Å². The van der Waals surface area contributed by atoms with Gasteiger partial charge in [0.15, 0.2) is 0 Å². The quantitative estimate of drug-likeness (QED) is 0.880. The molecule has 0 aliphatic heterocycles. The number of ether oxygens (including phenoxy) is 1. The Hall–Kier alpha value is -1.32. The number of rotatable bonds is 5. The monoisotopic (exact) mass is 247 g/mol. The maximum absolute atomic E-state index is 5.89. The van der Waals surface area contributed by atoms with Crippen molar-refractivity contribution in [3.05, 3.63) is 52.2 Å². The molecule has 0 saturated heterocycles. The number of benzene rings is 1. The molecule has 2 nitrogen and oxygen atoms in total. The van der Waals surface area contributed by atoms with E-state index in [1.807, 2.05) is 19.1 Å². The van der Waals surface area contributed by atoms with Crippen LogP contribution >= 0.6 is 11.3 Å². The van der Waals surface area contributed by atoms with Crippen molar-refractivity contribution in [2.75, 3.05) is 13.2 Å². The first-order valence-electron chi connectivity index (χ1n) is 5.81. The topological polar surface area (TPSA) is 35.2 Å². The summed E-state index contributed by atoms with van der Waals surface area (Å²) in [6.07, 6.45) is 0. The third-order valence-corrected chi connectivity index (χ3v) is 3.68. The van der Waals surface area contributed by atoms with Crippen LogP contribution in [0.5, 0.6) is 5.75 Å². The summed E-state index contributed by atoms with van der Waals surface area (Å²) in [5.41, 5.74) is 7.11. The number of hydrogen-bond donors (Lipinski definition) is 1. The molecule has 1 unspecified atom stereocenters. The maximum Gasteiger partial charge on any atom is 0.119 e. The Morgan fingerprint density at radius 3 is 2.82 bits per heavy atom. The van der Waals surface area contributed by atoms with Gasteiger partial charge in [0.05, 0.1) is 6.61 Å². The molecule has 1 atom stereocenters. The lowest BCUT2D eigenvalue weighted by Crippen LogP contribution is -2.12. The second-order valence-corrected chi connectivity index (χ2v) is 4.79. The Kier molecular flexibility index (Phi) is 4.18. The van der Waals surface area contributed by atoms with Crippen molar-refractivity contribution in [3.8, 4) is 5.75 Å². The molecule has 2 aromatic rings. The summed E-state index contributed by atoms with van der Waals surface area (Å²) in [6, 6.07) is 12.4. The van der Waals surface area contributed by atoms with E-state index in [0.29, 0.717) is 13.2 Å². The van der Waals surface area contributed by atoms with E-state index in [-0.39, 0.29) is 5.92 Å². The highest BCUT2D eigenvalue weighted by Gasteiger charge is 2.13. The minimum Gasteiger partial charge on any atom is -0.494 e. The molecule has 3 heteroatoms. The minimum absolute atomic E-state index is 0.274. The highest BCUT2D eigenvalue weighted by molar-refractivity contribution is 7.10. The first-order chi connectivity index (χ1) is 8.35. The van der Waals surface area contributed by atoms with Crippen molar-refractivity contribution < 1.29 is 4.74 Å². The molecular formula is C14H17NOS. The standard InChI is InChI=1S/C14H17NOS/c1-2-16-12-6-3-5-11(9-12)13(10-15)14-7-4-8-17-14/h3-9,13H,2,10,15H2,1H3. The van der Waals surface area contributed by atoms with E-state index in [9.17, 15) is 0 Å². The highest BCUT2D eigenvalue weighted by atomic mass is 32.1. The van der Waals surface area contributed by atoms with Crippen molar-refractivity contribution in [2.45, 2.75) is 12.8 Å². The highest BCUT2D eigenvalue weighted by Crippen LogP contribution is 2.29. The molecule has 1 aromatic carbocycles. The Bertz CT molecular complexity index is 453. The van der Waals surface area contributed by atoms with Crippen LogP contribution in [0.3, 0.4) is 0 Å². The van der Waals surface area contributed by atoms with Crippen molar-refractivity contribution >= 4 is 11.3 Å². The minimum atomic E-state index is 0.274. The predicted molar refractivity (Wildman–Crippen MR) is 72.8 cm³/mol. The van der Waals surface area contributed by atoms with Crippen LogP contribution in [0.1, 0.15) is 23.3 Å². The molecule has 2 N–H and O–H groups in total. The summed E-state index contributed by atoms with van der Waals surface area (Å²) in [7, 11) is 0. The van der Waals surface area contributed by atoms with Crippen LogP contribution in [0.2, 0.25) is 0 Å². The third-order valence-electron chi connectivity index (χ3n) is 2.69. The molecule has 0 bridgehead atoms. The molecule has 1 aromatic heterocycles. The van der Waals surface area contributed by atoms with Crippen LogP contribution in [0.15, 0.2) is 41.8 Å². The molecule has 0 aliphatic rings. The van der Waals surface area contributed by atoms with Crippen LogP contribution in [-0.2, 0) is 0 Å². The fraction of sp³-hybridized carbons (Fsp3) is 0.286. The molecular weight excluding hydrogens is 230 g/mol. The molecule has 0 radical (unpaired) electrons. The zero-order valence-corrected chi connectivity index (χ0v) is 10.7. The lowest BCUT2D eigenvalue weighted by Gasteiger charge is -2.14. The van der Waals surface area contributed by atoms with Gasteiger partial charge in [-0.15, -0.1) is 11.3 Å². The molecule has 0 amide bonds. The summed E-state index contributed by atoms with van der Waals surface area (Å²) >= 11 is 1.75. The predicted octanol–water partition coefficient (Wildman–Crippen LogP) is 3.24. The van der Waals surface area contributed by atoms with E-state index >= 15 is 0 Å². The average Bonchev–Trinajstić information content (AvgIpc) is 2.85. The van der Waals surface area contributed by atoms with Gasteiger partial charge in [-0.2, -0.15) is 0 Å². The lowest BCUT2D eigenvalue weighted by molar-refractivity contribution is 0.340. The number of nitrogens with two attached hydrogens (primary N) is 1. The largest absolute Gasteiger partial charge is 0.494 e. The van der Waals surface area contributed by atoms with Crippen LogP contribution in [0.4, 0.5) is 0 Å². The molecule has 1 heterocycles. The van der Waals surface area contributed by atoms with Gasteiger partial charge in [-0.05, 0) is 36.1 Å². The number of hydrogen-bond acceptors (Lipinski definition) is 3. The zero-order valence-electron chi connectivity index (χ0n) is 9.93. The second kappa shape index (κ2) is 5.84. The zero-order chi connectivity index (χ0) is 12.1. The molecule has 90 valence electrons. The van der Waals surface area contributed by atoms with E-state index in [1.165, 1.54) is 10.4 Å². The van der Waals surface area contributed by atoms with Crippen LogP contribution < -0.4 is 10.5 Å². The lowest BCUT2D eigenvalue weighted by atomic mass is 9.97. The fourth-order valence-corrected chi connectivity index (χ4v) is 2.76. The van der Waals surface area contributed by atoms with E-state index in [4.69, 9.17) is 10.5 Å². The fourth-order valence-electron chi connectivity index (χ4n) is 1.89. The molecule has 0 fully saturated rings.